The van der Waals surface area contributed by atoms with Crippen molar-refractivity contribution in [2.24, 2.45) is 5.41 Å². The molecule has 5 heteroatoms. The standard InChI is InChI=1S/C34H40FN3O/c1-21-11-12-23(31(34(3,4)5)26-13-14-30(37-6)32(36)22(26)2)17-24(21)19-38-15-16-39-33-25(20-38)18-29(35)27-9-7-8-10-28(27)33/h7-14,17-18,31,37H,15-16,19-20,36H2,1-6H3. The number of nitrogens with two attached hydrogens (primary N) is 1. The minimum Gasteiger partial charge on any atom is -0.491 e. The van der Waals surface area contributed by atoms with Gasteiger partial charge in [0.1, 0.15) is 18.2 Å². The van der Waals surface area contributed by atoms with E-state index in [1.54, 1.807) is 6.07 Å². The van der Waals surface area contributed by atoms with Crippen molar-refractivity contribution in [3.05, 3.63) is 99.9 Å². The summed E-state index contributed by atoms with van der Waals surface area (Å²) < 4.78 is 21.2. The van der Waals surface area contributed by atoms with Crippen molar-refractivity contribution in [1.29, 1.82) is 0 Å². The Labute approximate surface area is 232 Å². The topological polar surface area (TPSA) is 50.5 Å². The van der Waals surface area contributed by atoms with E-state index in [1.165, 1.54) is 22.3 Å². The normalized spacial score (nSPS) is 14.9. The Morgan fingerprint density at radius 1 is 1.03 bits per heavy atom. The van der Waals surface area contributed by atoms with E-state index in [0.717, 1.165) is 46.7 Å². The lowest BCUT2D eigenvalue weighted by Crippen LogP contribution is -2.26. The third kappa shape index (κ3) is 5.20. The van der Waals surface area contributed by atoms with E-state index < -0.39 is 0 Å². The molecule has 1 aliphatic rings. The SMILES string of the molecule is CNc1ccc(C(c2ccc(C)c(CN3CCOc4c(cc(F)c5ccccc45)C3)c2)C(C)(C)C)c(C)c1N. The van der Waals surface area contributed by atoms with Crippen molar-refractivity contribution in [3.8, 4) is 5.75 Å². The molecule has 0 saturated heterocycles. The molecule has 5 rings (SSSR count). The minimum absolute atomic E-state index is 0.0150. The number of nitrogens with zero attached hydrogens (tertiary/aromatic N) is 1. The van der Waals surface area contributed by atoms with Crippen LogP contribution in [0.15, 0.2) is 60.7 Å². The summed E-state index contributed by atoms with van der Waals surface area (Å²) in [6.07, 6.45) is 0. The van der Waals surface area contributed by atoms with Crippen LogP contribution in [0.5, 0.6) is 5.75 Å². The first-order valence-electron chi connectivity index (χ1n) is 13.8. The van der Waals surface area contributed by atoms with Crippen LogP contribution in [0.3, 0.4) is 0 Å². The highest BCUT2D eigenvalue weighted by Gasteiger charge is 2.30. The maximum atomic E-state index is 15.0. The van der Waals surface area contributed by atoms with E-state index in [9.17, 15) is 4.39 Å². The lowest BCUT2D eigenvalue weighted by molar-refractivity contribution is 0.220. The Balaban J connectivity index is 1.49. The molecule has 0 spiro atoms. The molecule has 0 bridgehead atoms. The van der Waals surface area contributed by atoms with E-state index in [0.29, 0.717) is 18.5 Å². The maximum Gasteiger partial charge on any atom is 0.131 e. The van der Waals surface area contributed by atoms with E-state index in [2.05, 4.69) is 75.2 Å². The third-order valence-corrected chi connectivity index (χ3v) is 8.17. The summed E-state index contributed by atoms with van der Waals surface area (Å²) in [5, 5.41) is 4.66. The van der Waals surface area contributed by atoms with Crippen LogP contribution in [0.25, 0.3) is 10.8 Å². The number of nitrogen functional groups attached to an aromatic ring is 1. The fourth-order valence-corrected chi connectivity index (χ4v) is 6.08. The summed E-state index contributed by atoms with van der Waals surface area (Å²) in [6, 6.07) is 20.4. The Bertz CT molecular complexity index is 1520. The lowest BCUT2D eigenvalue weighted by atomic mass is 9.71. The van der Waals surface area contributed by atoms with Crippen molar-refractivity contribution in [2.45, 2.75) is 53.6 Å². The number of rotatable bonds is 5. The number of benzene rings is 4. The molecule has 0 aromatic heterocycles. The van der Waals surface area contributed by atoms with Crippen LogP contribution in [0.2, 0.25) is 0 Å². The molecule has 204 valence electrons. The van der Waals surface area contributed by atoms with Gasteiger partial charge in [-0.05, 0) is 59.2 Å². The van der Waals surface area contributed by atoms with Gasteiger partial charge in [-0.2, -0.15) is 0 Å². The van der Waals surface area contributed by atoms with E-state index in [1.807, 2.05) is 31.3 Å². The van der Waals surface area contributed by atoms with Gasteiger partial charge in [-0.3, -0.25) is 4.90 Å². The van der Waals surface area contributed by atoms with Crippen molar-refractivity contribution < 1.29 is 9.13 Å². The average Bonchev–Trinajstić information content (AvgIpc) is 3.10. The molecule has 4 aromatic rings. The van der Waals surface area contributed by atoms with Crippen LogP contribution in [0.1, 0.15) is 60.1 Å². The Morgan fingerprint density at radius 3 is 2.49 bits per heavy atom. The zero-order valence-corrected chi connectivity index (χ0v) is 24.0. The fourth-order valence-electron chi connectivity index (χ4n) is 6.08. The summed E-state index contributed by atoms with van der Waals surface area (Å²) >= 11 is 0. The Kier molecular flexibility index (Phi) is 7.30. The molecule has 1 heterocycles. The number of anilines is 2. The van der Waals surface area contributed by atoms with E-state index in [4.69, 9.17) is 10.5 Å². The van der Waals surface area contributed by atoms with Gasteiger partial charge in [-0.25, -0.2) is 4.39 Å². The quantitative estimate of drug-likeness (QED) is 0.261. The highest BCUT2D eigenvalue weighted by Crippen LogP contribution is 2.44. The molecule has 4 aromatic carbocycles. The summed E-state index contributed by atoms with van der Waals surface area (Å²) in [4.78, 5) is 2.36. The highest BCUT2D eigenvalue weighted by atomic mass is 19.1. The van der Waals surface area contributed by atoms with Gasteiger partial charge in [0, 0.05) is 48.9 Å². The number of hydrogen-bond donors (Lipinski definition) is 2. The number of fused-ring (bicyclic) bond motifs is 3. The van der Waals surface area contributed by atoms with Crippen LogP contribution >= 0.6 is 0 Å². The molecule has 39 heavy (non-hydrogen) atoms. The zero-order valence-electron chi connectivity index (χ0n) is 24.0. The van der Waals surface area contributed by atoms with Crippen molar-refractivity contribution in [1.82, 2.24) is 4.90 Å². The first-order valence-corrected chi connectivity index (χ1v) is 13.8. The van der Waals surface area contributed by atoms with Gasteiger partial charge in [0.05, 0.1) is 11.4 Å². The molecule has 0 radical (unpaired) electrons. The van der Waals surface area contributed by atoms with Gasteiger partial charge in [-0.1, -0.05) is 69.3 Å². The number of aryl methyl sites for hydroxylation is 1. The van der Waals surface area contributed by atoms with Gasteiger partial charge in [0.15, 0.2) is 0 Å². The zero-order chi connectivity index (χ0) is 27.9. The van der Waals surface area contributed by atoms with Crippen molar-refractivity contribution >= 4 is 22.1 Å². The van der Waals surface area contributed by atoms with Gasteiger partial charge < -0.3 is 15.8 Å². The molecule has 4 nitrogen and oxygen atoms in total. The van der Waals surface area contributed by atoms with E-state index >= 15 is 0 Å². The largest absolute Gasteiger partial charge is 0.491 e. The predicted octanol–water partition coefficient (Wildman–Crippen LogP) is 7.79. The van der Waals surface area contributed by atoms with Crippen molar-refractivity contribution in [2.75, 3.05) is 31.2 Å². The monoisotopic (exact) mass is 525 g/mol. The molecule has 0 fully saturated rings. The summed E-state index contributed by atoms with van der Waals surface area (Å²) in [5.74, 6) is 0.796. The van der Waals surface area contributed by atoms with E-state index in [-0.39, 0.29) is 17.2 Å². The van der Waals surface area contributed by atoms with Crippen LogP contribution < -0.4 is 15.8 Å². The third-order valence-electron chi connectivity index (χ3n) is 8.17. The highest BCUT2D eigenvalue weighted by molar-refractivity contribution is 5.90. The molecule has 0 saturated carbocycles. The minimum atomic E-state index is -0.195. The van der Waals surface area contributed by atoms with Gasteiger partial charge in [-0.15, -0.1) is 0 Å². The molecular weight excluding hydrogens is 485 g/mol. The second-order valence-electron chi connectivity index (χ2n) is 11.9. The molecule has 1 atom stereocenters. The molecule has 0 aliphatic carbocycles. The van der Waals surface area contributed by atoms with Crippen molar-refractivity contribution in [3.63, 3.8) is 0 Å². The van der Waals surface area contributed by atoms with Gasteiger partial charge >= 0.3 is 0 Å². The average molecular weight is 526 g/mol. The van der Waals surface area contributed by atoms with Crippen LogP contribution in [0, 0.1) is 25.1 Å². The number of ether oxygens (including phenoxy) is 1. The number of hydrogen-bond acceptors (Lipinski definition) is 4. The summed E-state index contributed by atoms with van der Waals surface area (Å²) in [5.41, 5.74) is 15.4. The molecule has 3 N–H and O–H groups in total. The maximum absolute atomic E-state index is 15.0. The summed E-state index contributed by atoms with van der Waals surface area (Å²) in [7, 11) is 1.90. The van der Waals surface area contributed by atoms with Crippen LogP contribution in [0.4, 0.5) is 15.8 Å². The second-order valence-corrected chi connectivity index (χ2v) is 11.9. The first kappa shape index (κ1) is 27.0. The molecular formula is C34H40FN3O. The Morgan fingerprint density at radius 2 is 1.77 bits per heavy atom. The predicted molar refractivity (Wildman–Crippen MR) is 161 cm³/mol. The summed E-state index contributed by atoms with van der Waals surface area (Å²) in [6.45, 7) is 13.9. The smallest absolute Gasteiger partial charge is 0.131 e. The first-order chi connectivity index (χ1) is 18.6. The van der Waals surface area contributed by atoms with Gasteiger partial charge in [0.2, 0.25) is 0 Å². The Hall–Kier alpha value is -3.57. The number of nitrogens with one attached hydrogen (secondary N) is 1. The molecule has 1 unspecified atom stereocenters. The number of halogens is 1. The van der Waals surface area contributed by atoms with Crippen LogP contribution in [-0.4, -0.2) is 25.1 Å². The second kappa shape index (κ2) is 10.5. The van der Waals surface area contributed by atoms with Gasteiger partial charge in [0.25, 0.3) is 0 Å². The molecule has 1 aliphatic heterocycles. The fraction of sp³-hybridized carbons (Fsp3) is 0.353. The lowest BCUT2D eigenvalue weighted by Gasteiger charge is -2.34. The molecule has 0 amide bonds. The van der Waals surface area contributed by atoms with Crippen LogP contribution in [-0.2, 0) is 13.1 Å².